The number of aliphatic hydroxyl groups is 1. The molecular formula is C10H11ClFNO2. The maximum atomic E-state index is 13.5. The molecule has 0 aromatic heterocycles. The molecule has 1 heterocycles. The number of benzene rings is 1. The lowest BCUT2D eigenvalue weighted by Crippen LogP contribution is -2.44. The Labute approximate surface area is 91.6 Å². The molecular weight excluding hydrogens is 221 g/mol. The number of halogens is 2. The van der Waals surface area contributed by atoms with Gasteiger partial charge in [0.25, 0.3) is 0 Å². The number of ether oxygens (including phenoxy) is 1. The zero-order chi connectivity index (χ0) is 11.1. The van der Waals surface area contributed by atoms with E-state index in [4.69, 9.17) is 22.1 Å². The number of hydrogen-bond donors (Lipinski definition) is 2. The smallest absolute Gasteiger partial charge is 0.166 e. The van der Waals surface area contributed by atoms with Crippen LogP contribution in [0.15, 0.2) is 12.1 Å². The summed E-state index contributed by atoms with van der Waals surface area (Å²) in [5.41, 5.74) is 5.43. The fourth-order valence-electron chi connectivity index (χ4n) is 1.71. The minimum absolute atomic E-state index is 0.0993. The molecule has 0 saturated heterocycles. The molecule has 1 aliphatic heterocycles. The number of hydrogen-bond acceptors (Lipinski definition) is 3. The van der Waals surface area contributed by atoms with Gasteiger partial charge in [-0.2, -0.15) is 0 Å². The van der Waals surface area contributed by atoms with Crippen LogP contribution in [0.3, 0.4) is 0 Å². The first-order valence-corrected chi connectivity index (χ1v) is 4.97. The standard InChI is InChI=1S/C10H11ClFNO2/c11-6-3-7-9(8(12)4-6)15-2-1-10(7,13)5-14/h3-4,14H,1-2,5,13H2. The summed E-state index contributed by atoms with van der Waals surface area (Å²) < 4.78 is 18.6. The number of aliphatic hydroxyl groups excluding tert-OH is 1. The van der Waals surface area contributed by atoms with E-state index < -0.39 is 11.4 Å². The van der Waals surface area contributed by atoms with Crippen molar-refractivity contribution in [1.29, 1.82) is 0 Å². The Bertz CT molecular complexity index is 399. The van der Waals surface area contributed by atoms with Gasteiger partial charge in [0.1, 0.15) is 0 Å². The summed E-state index contributed by atoms with van der Waals surface area (Å²) in [5, 5.41) is 9.48. The second-order valence-corrected chi connectivity index (χ2v) is 4.11. The third kappa shape index (κ3) is 1.69. The van der Waals surface area contributed by atoms with Gasteiger partial charge >= 0.3 is 0 Å². The zero-order valence-corrected chi connectivity index (χ0v) is 8.72. The summed E-state index contributed by atoms with van der Waals surface area (Å²) in [6.07, 6.45) is 0.441. The Balaban J connectivity index is 2.60. The van der Waals surface area contributed by atoms with Crippen molar-refractivity contribution in [3.05, 3.63) is 28.5 Å². The highest BCUT2D eigenvalue weighted by molar-refractivity contribution is 6.30. The Hall–Kier alpha value is -0.840. The molecule has 2 rings (SSSR count). The molecule has 1 aliphatic rings. The van der Waals surface area contributed by atoms with E-state index in [9.17, 15) is 9.50 Å². The van der Waals surface area contributed by atoms with Crippen LogP contribution in [0.25, 0.3) is 0 Å². The summed E-state index contributed by atoms with van der Waals surface area (Å²) >= 11 is 5.73. The van der Waals surface area contributed by atoms with Gasteiger partial charge in [0.05, 0.1) is 18.8 Å². The van der Waals surface area contributed by atoms with Crippen molar-refractivity contribution >= 4 is 11.6 Å². The highest BCUT2D eigenvalue weighted by atomic mass is 35.5. The second kappa shape index (κ2) is 3.63. The minimum Gasteiger partial charge on any atom is -0.490 e. The highest BCUT2D eigenvalue weighted by Crippen LogP contribution is 2.38. The van der Waals surface area contributed by atoms with Crippen LogP contribution in [0.5, 0.6) is 5.75 Å². The maximum Gasteiger partial charge on any atom is 0.166 e. The van der Waals surface area contributed by atoms with E-state index in [2.05, 4.69) is 0 Å². The molecule has 1 atom stereocenters. The molecule has 0 aliphatic carbocycles. The lowest BCUT2D eigenvalue weighted by Gasteiger charge is -2.34. The third-order valence-electron chi connectivity index (χ3n) is 2.62. The van der Waals surface area contributed by atoms with Crippen LogP contribution >= 0.6 is 11.6 Å². The Kier molecular flexibility index (Phi) is 2.58. The molecule has 0 radical (unpaired) electrons. The van der Waals surface area contributed by atoms with Crippen LogP contribution in [0, 0.1) is 5.82 Å². The van der Waals surface area contributed by atoms with Gasteiger partial charge in [0.2, 0.25) is 0 Å². The van der Waals surface area contributed by atoms with E-state index in [0.29, 0.717) is 18.6 Å². The van der Waals surface area contributed by atoms with E-state index >= 15 is 0 Å². The number of nitrogens with two attached hydrogens (primary N) is 1. The minimum atomic E-state index is -0.959. The van der Waals surface area contributed by atoms with Crippen LogP contribution in [-0.4, -0.2) is 18.3 Å². The van der Waals surface area contributed by atoms with Gasteiger partial charge < -0.3 is 15.6 Å². The Morgan fingerprint density at radius 2 is 2.33 bits per heavy atom. The van der Waals surface area contributed by atoms with Gasteiger partial charge in [0.15, 0.2) is 11.6 Å². The van der Waals surface area contributed by atoms with Gasteiger partial charge in [-0.15, -0.1) is 0 Å². The fraction of sp³-hybridized carbons (Fsp3) is 0.400. The van der Waals surface area contributed by atoms with Crippen LogP contribution in [0.1, 0.15) is 12.0 Å². The van der Waals surface area contributed by atoms with E-state index in [1.54, 1.807) is 0 Å². The van der Waals surface area contributed by atoms with Gasteiger partial charge in [-0.3, -0.25) is 0 Å². The first kappa shape index (κ1) is 10.7. The Morgan fingerprint density at radius 1 is 1.60 bits per heavy atom. The van der Waals surface area contributed by atoms with Crippen molar-refractivity contribution < 1.29 is 14.2 Å². The molecule has 0 spiro atoms. The molecule has 0 amide bonds. The maximum absolute atomic E-state index is 13.5. The van der Waals surface area contributed by atoms with Crippen LogP contribution in [0.4, 0.5) is 4.39 Å². The first-order valence-electron chi connectivity index (χ1n) is 4.59. The van der Waals surface area contributed by atoms with Crippen LogP contribution < -0.4 is 10.5 Å². The largest absolute Gasteiger partial charge is 0.490 e. The van der Waals surface area contributed by atoms with E-state index in [1.807, 2.05) is 0 Å². The van der Waals surface area contributed by atoms with Gasteiger partial charge in [-0.1, -0.05) is 11.6 Å². The summed E-state index contributed by atoms with van der Waals surface area (Å²) in [6, 6.07) is 2.71. The van der Waals surface area contributed by atoms with Gasteiger partial charge in [-0.25, -0.2) is 4.39 Å². The van der Waals surface area contributed by atoms with Crippen molar-refractivity contribution in [1.82, 2.24) is 0 Å². The quantitative estimate of drug-likeness (QED) is 0.768. The molecule has 15 heavy (non-hydrogen) atoms. The molecule has 1 unspecified atom stereocenters. The zero-order valence-electron chi connectivity index (χ0n) is 7.96. The normalized spacial score (nSPS) is 24.5. The second-order valence-electron chi connectivity index (χ2n) is 3.68. The lowest BCUT2D eigenvalue weighted by atomic mass is 9.86. The first-order chi connectivity index (χ1) is 7.07. The molecule has 82 valence electrons. The van der Waals surface area contributed by atoms with Crippen molar-refractivity contribution in [3.63, 3.8) is 0 Å². The molecule has 0 saturated carbocycles. The summed E-state index contributed by atoms with van der Waals surface area (Å²) in [6.45, 7) is 0.0335. The van der Waals surface area contributed by atoms with E-state index in [-0.39, 0.29) is 17.4 Å². The van der Waals surface area contributed by atoms with Crippen LogP contribution in [-0.2, 0) is 5.54 Å². The summed E-state index contributed by atoms with van der Waals surface area (Å²) in [4.78, 5) is 0. The SMILES string of the molecule is NC1(CO)CCOc2c(F)cc(Cl)cc21. The van der Waals surface area contributed by atoms with Crippen molar-refractivity contribution in [2.24, 2.45) is 5.73 Å². The van der Waals surface area contributed by atoms with Crippen LogP contribution in [0.2, 0.25) is 5.02 Å². The molecule has 3 N–H and O–H groups in total. The summed E-state index contributed by atoms with van der Waals surface area (Å²) in [5.74, 6) is -0.442. The van der Waals surface area contributed by atoms with Gasteiger partial charge in [-0.05, 0) is 12.1 Å². The highest BCUT2D eigenvalue weighted by Gasteiger charge is 2.35. The predicted octanol–water partition coefficient (Wildman–Crippen LogP) is 1.41. The molecule has 5 heteroatoms. The Morgan fingerprint density at radius 3 is 3.00 bits per heavy atom. The van der Waals surface area contributed by atoms with E-state index in [1.165, 1.54) is 12.1 Å². The van der Waals surface area contributed by atoms with Crippen molar-refractivity contribution in [2.45, 2.75) is 12.0 Å². The lowest BCUT2D eigenvalue weighted by molar-refractivity contribution is 0.135. The predicted molar refractivity (Wildman–Crippen MR) is 54.5 cm³/mol. The monoisotopic (exact) mass is 231 g/mol. The number of rotatable bonds is 1. The number of fused-ring (bicyclic) bond motifs is 1. The molecule has 1 aromatic rings. The third-order valence-corrected chi connectivity index (χ3v) is 2.84. The average Bonchev–Trinajstić information content (AvgIpc) is 2.20. The summed E-state index contributed by atoms with van der Waals surface area (Å²) in [7, 11) is 0. The molecule has 3 nitrogen and oxygen atoms in total. The topological polar surface area (TPSA) is 55.5 Å². The molecule has 1 aromatic carbocycles. The van der Waals surface area contributed by atoms with E-state index in [0.717, 1.165) is 0 Å². The average molecular weight is 232 g/mol. The van der Waals surface area contributed by atoms with Crippen molar-refractivity contribution in [2.75, 3.05) is 13.2 Å². The van der Waals surface area contributed by atoms with Gasteiger partial charge in [0, 0.05) is 17.0 Å². The molecule has 0 bridgehead atoms. The van der Waals surface area contributed by atoms with Crippen molar-refractivity contribution in [3.8, 4) is 5.75 Å². The molecule has 0 fully saturated rings. The fourth-order valence-corrected chi connectivity index (χ4v) is 1.92.